The first-order chi connectivity index (χ1) is 20.6. The lowest BCUT2D eigenvalue weighted by Gasteiger charge is -2.17. The smallest absolute Gasteiger partial charge is 0.340 e. The molecule has 0 unspecified atom stereocenters. The van der Waals surface area contributed by atoms with Crippen LogP contribution in [0.3, 0.4) is 0 Å². The van der Waals surface area contributed by atoms with Crippen molar-refractivity contribution < 1.29 is 24.2 Å². The average Bonchev–Trinajstić information content (AvgIpc) is 3.68. The number of hydrogen-bond donors (Lipinski definition) is 3. The summed E-state index contributed by atoms with van der Waals surface area (Å²) in [7, 11) is 1.39. The molecule has 9 nitrogen and oxygen atoms in total. The van der Waals surface area contributed by atoms with E-state index in [4.69, 9.17) is 19.4 Å². The van der Waals surface area contributed by atoms with E-state index in [1.807, 2.05) is 26.8 Å². The van der Waals surface area contributed by atoms with Crippen LogP contribution in [0.5, 0.6) is 0 Å². The molecular weight excluding hydrogens is 544 g/mol. The molecular formula is C34H40N4O5. The molecule has 3 N–H and O–H groups in total. The predicted octanol–water partition coefficient (Wildman–Crippen LogP) is 6.24. The standard InChI is InChI=1S/C34H40N4O5/c1-8-22-17(2)26-13-30-24(15-39)19(4)25(36-30)12-27-18(3)23(10-9-11-43-16-40)32(37-27)21(6)33-31(34(41)42-7)20(5)28(38-33)14-29(22)35-26/h12-14,16,18,23,35-36,39H,8-11,15H2,1-7H3/t18-,23-/m0/s1. The number of H-pyrrole nitrogens is 2. The van der Waals surface area contributed by atoms with Crippen LogP contribution in [0.25, 0.3) is 33.2 Å². The number of aliphatic hydroxyl groups is 1. The molecule has 2 atom stereocenters. The Hall–Kier alpha value is -4.24. The van der Waals surface area contributed by atoms with Gasteiger partial charge in [-0.15, -0.1) is 0 Å². The van der Waals surface area contributed by atoms with Crippen LogP contribution < -0.4 is 0 Å². The summed E-state index contributed by atoms with van der Waals surface area (Å²) in [5.74, 6) is -0.368. The normalized spacial score (nSPS) is 16.5. The summed E-state index contributed by atoms with van der Waals surface area (Å²) in [6.07, 6.45) is 2.22. The zero-order chi connectivity index (χ0) is 31.0. The van der Waals surface area contributed by atoms with Gasteiger partial charge < -0.3 is 24.5 Å². The van der Waals surface area contributed by atoms with Crippen LogP contribution in [0.4, 0.5) is 0 Å². The fourth-order valence-electron chi connectivity index (χ4n) is 6.55. The number of aliphatic hydroxyl groups excluding tert-OH is 1. The molecule has 0 aromatic carbocycles. The second-order valence-electron chi connectivity index (χ2n) is 11.4. The molecule has 5 heterocycles. The molecule has 8 bridgehead atoms. The van der Waals surface area contributed by atoms with E-state index in [9.17, 15) is 14.7 Å². The minimum Gasteiger partial charge on any atom is -0.468 e. The van der Waals surface area contributed by atoms with Gasteiger partial charge in [0.25, 0.3) is 6.47 Å². The minimum absolute atomic E-state index is 0.0191. The van der Waals surface area contributed by atoms with E-state index in [0.717, 1.165) is 79.7 Å². The van der Waals surface area contributed by atoms with E-state index in [0.29, 0.717) is 36.5 Å². The fraction of sp³-hybridized carbons (Fsp3) is 0.412. The fourth-order valence-corrected chi connectivity index (χ4v) is 6.55. The van der Waals surface area contributed by atoms with Gasteiger partial charge in [-0.1, -0.05) is 13.8 Å². The average molecular weight is 585 g/mol. The Labute approximate surface area is 251 Å². The number of esters is 1. The van der Waals surface area contributed by atoms with E-state index in [1.165, 1.54) is 7.11 Å². The number of nitrogens with zero attached hydrogens (tertiary/aromatic N) is 2. The van der Waals surface area contributed by atoms with E-state index in [1.54, 1.807) is 0 Å². The van der Waals surface area contributed by atoms with Crippen molar-refractivity contribution in [2.45, 2.75) is 79.2 Å². The highest BCUT2D eigenvalue weighted by Crippen LogP contribution is 2.43. The lowest BCUT2D eigenvalue weighted by atomic mass is 9.85. The maximum atomic E-state index is 13.2. The molecule has 3 aromatic rings. The Bertz CT molecular complexity index is 1800. The highest BCUT2D eigenvalue weighted by atomic mass is 16.5. The van der Waals surface area contributed by atoms with Crippen molar-refractivity contribution in [2.24, 2.45) is 0 Å². The number of aromatic amines is 2. The Balaban J connectivity index is 1.93. The van der Waals surface area contributed by atoms with Gasteiger partial charge in [-0.2, -0.15) is 0 Å². The highest BCUT2D eigenvalue weighted by Gasteiger charge is 2.33. The summed E-state index contributed by atoms with van der Waals surface area (Å²) < 4.78 is 10.2. The Morgan fingerprint density at radius 2 is 1.65 bits per heavy atom. The zero-order valence-corrected chi connectivity index (χ0v) is 26.0. The first-order valence-corrected chi connectivity index (χ1v) is 14.8. The van der Waals surface area contributed by atoms with Gasteiger partial charge in [0.1, 0.15) is 0 Å². The van der Waals surface area contributed by atoms with Crippen molar-refractivity contribution in [1.29, 1.82) is 0 Å². The van der Waals surface area contributed by atoms with Crippen molar-refractivity contribution in [3.05, 3.63) is 68.8 Å². The number of nitrogens with one attached hydrogen (secondary N) is 2. The first-order valence-electron chi connectivity index (χ1n) is 14.8. The van der Waals surface area contributed by atoms with Crippen LogP contribution >= 0.6 is 0 Å². The van der Waals surface area contributed by atoms with Crippen LogP contribution in [-0.4, -0.2) is 51.2 Å². The van der Waals surface area contributed by atoms with Crippen LogP contribution in [0, 0.1) is 20.8 Å². The largest absolute Gasteiger partial charge is 0.468 e. The SMILES string of the molecule is CCc1c(C)c2cc3[nH]c(cc4nc(c(C)c5nc(cc1[nH]2)C(C)=C5C(=O)OC)[C@@H](CCCOC=O)[C@@H]4C)c(C)c3CO. The second kappa shape index (κ2) is 12.2. The molecule has 9 heteroatoms. The number of ether oxygens (including phenoxy) is 2. The monoisotopic (exact) mass is 584 g/mol. The molecule has 3 aromatic heterocycles. The van der Waals surface area contributed by atoms with Crippen LogP contribution in [-0.2, 0) is 32.1 Å². The molecule has 0 saturated carbocycles. The summed E-state index contributed by atoms with van der Waals surface area (Å²) in [6.45, 7) is 12.9. The summed E-state index contributed by atoms with van der Waals surface area (Å²) in [5, 5.41) is 10.4. The topological polar surface area (TPSA) is 130 Å². The molecule has 0 fully saturated rings. The van der Waals surface area contributed by atoms with E-state index in [2.05, 4.69) is 42.9 Å². The first kappa shape index (κ1) is 30.2. The number of aryl methyl sites for hydroxylation is 3. The van der Waals surface area contributed by atoms with Gasteiger partial charge in [0.15, 0.2) is 0 Å². The van der Waals surface area contributed by atoms with Crippen molar-refractivity contribution in [3.8, 4) is 0 Å². The molecule has 43 heavy (non-hydrogen) atoms. The van der Waals surface area contributed by atoms with Crippen molar-refractivity contribution in [1.82, 2.24) is 19.9 Å². The molecule has 0 amide bonds. The van der Waals surface area contributed by atoms with Gasteiger partial charge in [0.2, 0.25) is 0 Å². The number of carbonyl (C=O) groups is 2. The van der Waals surface area contributed by atoms with E-state index in [-0.39, 0.29) is 18.4 Å². The number of methoxy groups -OCH3 is 1. The number of aromatic nitrogens is 4. The van der Waals surface area contributed by atoms with Gasteiger partial charge in [-0.05, 0) is 93.0 Å². The molecule has 226 valence electrons. The van der Waals surface area contributed by atoms with Gasteiger partial charge in [-0.25, -0.2) is 9.78 Å². The van der Waals surface area contributed by atoms with Crippen molar-refractivity contribution in [2.75, 3.05) is 13.7 Å². The Kier molecular flexibility index (Phi) is 8.55. The molecule has 2 aliphatic heterocycles. The van der Waals surface area contributed by atoms with E-state index < -0.39 is 5.97 Å². The molecule has 0 spiro atoms. The molecule has 0 radical (unpaired) electrons. The summed E-state index contributed by atoms with van der Waals surface area (Å²) in [4.78, 5) is 41.3. The number of rotatable bonds is 8. The van der Waals surface area contributed by atoms with E-state index >= 15 is 0 Å². The molecule has 5 rings (SSSR count). The van der Waals surface area contributed by atoms with Gasteiger partial charge >= 0.3 is 5.97 Å². The van der Waals surface area contributed by atoms with Crippen LogP contribution in [0.2, 0.25) is 0 Å². The number of allylic oxidation sites excluding steroid dienone is 1. The quantitative estimate of drug-likeness (QED) is 0.162. The van der Waals surface area contributed by atoms with Crippen molar-refractivity contribution >= 4 is 45.7 Å². The molecule has 0 aliphatic carbocycles. The number of fused-ring (bicyclic) bond motifs is 8. The maximum absolute atomic E-state index is 13.2. The van der Waals surface area contributed by atoms with Gasteiger partial charge in [-0.3, -0.25) is 9.78 Å². The Morgan fingerprint density at radius 1 is 0.977 bits per heavy atom. The predicted molar refractivity (Wildman–Crippen MR) is 167 cm³/mol. The lowest BCUT2D eigenvalue weighted by Crippen LogP contribution is -2.08. The maximum Gasteiger partial charge on any atom is 0.340 e. The summed E-state index contributed by atoms with van der Waals surface area (Å²) in [6, 6.07) is 6.12. The number of hydrogen-bond acceptors (Lipinski definition) is 7. The number of carbonyl (C=O) groups excluding carboxylic acids is 2. The third-order valence-corrected chi connectivity index (χ3v) is 9.15. The summed E-state index contributed by atoms with van der Waals surface area (Å²) >= 11 is 0. The highest BCUT2D eigenvalue weighted by molar-refractivity contribution is 6.25. The molecule has 0 saturated heterocycles. The third-order valence-electron chi connectivity index (χ3n) is 9.15. The molecule has 2 aliphatic rings. The van der Waals surface area contributed by atoms with Crippen LogP contribution in [0.15, 0.2) is 18.2 Å². The zero-order valence-electron chi connectivity index (χ0n) is 26.0. The van der Waals surface area contributed by atoms with Gasteiger partial charge in [0.05, 0.1) is 37.3 Å². The minimum atomic E-state index is -0.437. The Morgan fingerprint density at radius 3 is 2.30 bits per heavy atom. The second-order valence-corrected chi connectivity index (χ2v) is 11.4. The lowest BCUT2D eigenvalue weighted by molar-refractivity contribution is -0.133. The summed E-state index contributed by atoms with van der Waals surface area (Å²) in [5.41, 5.74) is 12.7. The van der Waals surface area contributed by atoms with Gasteiger partial charge in [0, 0.05) is 50.9 Å². The van der Waals surface area contributed by atoms with Crippen molar-refractivity contribution in [3.63, 3.8) is 0 Å². The van der Waals surface area contributed by atoms with Crippen LogP contribution in [0.1, 0.15) is 96.0 Å². The third kappa shape index (κ3) is 5.27.